The van der Waals surface area contributed by atoms with Gasteiger partial charge >= 0.3 is 0 Å². The van der Waals surface area contributed by atoms with Gasteiger partial charge in [-0.05, 0) is 37.5 Å². The number of rotatable bonds is 7. The maximum absolute atomic E-state index is 12.1. The SMILES string of the molecule is CC1(C)O[C@H]([C@H](O[Si](C)(C)C(C)(C)C)c2ccccc2C2(c3ccccc3)OCCO2)[C@H](C=O)O1. The molecule has 0 saturated carbocycles. The van der Waals surface area contributed by atoms with E-state index in [1.54, 1.807) is 0 Å². The molecule has 0 aliphatic carbocycles. The first-order chi connectivity index (χ1) is 16.4. The zero-order valence-electron chi connectivity index (χ0n) is 21.9. The number of hydrogen-bond acceptors (Lipinski definition) is 6. The van der Waals surface area contributed by atoms with Gasteiger partial charge in [-0.3, -0.25) is 0 Å². The molecule has 2 fully saturated rings. The van der Waals surface area contributed by atoms with E-state index in [2.05, 4.69) is 33.9 Å². The van der Waals surface area contributed by atoms with Gasteiger partial charge in [0.05, 0.1) is 13.2 Å². The van der Waals surface area contributed by atoms with Crippen molar-refractivity contribution in [2.75, 3.05) is 13.2 Å². The van der Waals surface area contributed by atoms with Crippen molar-refractivity contribution in [1.29, 1.82) is 0 Å². The van der Waals surface area contributed by atoms with Crippen LogP contribution in [0, 0.1) is 0 Å². The normalized spacial score (nSPS) is 24.9. The van der Waals surface area contributed by atoms with E-state index >= 15 is 0 Å². The molecular weight excluding hydrogens is 460 g/mol. The Balaban J connectivity index is 1.89. The number of carbonyl (C=O) groups is 1. The van der Waals surface area contributed by atoms with Gasteiger partial charge in [-0.15, -0.1) is 0 Å². The summed E-state index contributed by atoms with van der Waals surface area (Å²) >= 11 is 0. The van der Waals surface area contributed by atoms with E-state index in [1.165, 1.54) is 0 Å². The Labute approximate surface area is 210 Å². The third-order valence-corrected chi connectivity index (χ3v) is 11.7. The molecule has 2 aliphatic rings. The van der Waals surface area contributed by atoms with Crippen molar-refractivity contribution in [1.82, 2.24) is 0 Å². The first-order valence-corrected chi connectivity index (χ1v) is 15.2. The number of benzene rings is 2. The summed E-state index contributed by atoms with van der Waals surface area (Å²) < 4.78 is 32.1. The van der Waals surface area contributed by atoms with Crippen LogP contribution in [0.1, 0.15) is 57.4 Å². The molecule has 0 amide bonds. The van der Waals surface area contributed by atoms with Gasteiger partial charge in [-0.2, -0.15) is 0 Å². The van der Waals surface area contributed by atoms with Crippen molar-refractivity contribution in [3.8, 4) is 0 Å². The lowest BCUT2D eigenvalue weighted by Crippen LogP contribution is -2.46. The van der Waals surface area contributed by atoms with E-state index in [4.69, 9.17) is 23.4 Å². The Kier molecular flexibility index (Phi) is 7.14. The second kappa shape index (κ2) is 9.54. The molecule has 2 saturated heterocycles. The van der Waals surface area contributed by atoms with Gasteiger partial charge in [-0.1, -0.05) is 75.4 Å². The van der Waals surface area contributed by atoms with Gasteiger partial charge in [0.15, 0.2) is 20.4 Å². The summed E-state index contributed by atoms with van der Waals surface area (Å²) in [6.45, 7) is 15.6. The van der Waals surface area contributed by atoms with Gasteiger partial charge in [0.25, 0.3) is 0 Å². The maximum Gasteiger partial charge on any atom is 0.222 e. The van der Waals surface area contributed by atoms with E-state index in [0.29, 0.717) is 13.2 Å². The Hall–Kier alpha value is -1.87. The molecule has 0 bridgehead atoms. The summed E-state index contributed by atoms with van der Waals surface area (Å²) in [7, 11) is -2.31. The van der Waals surface area contributed by atoms with Crippen molar-refractivity contribution in [3.05, 3.63) is 71.3 Å². The third-order valence-electron chi connectivity index (χ3n) is 7.29. The molecule has 35 heavy (non-hydrogen) atoms. The highest BCUT2D eigenvalue weighted by Gasteiger charge is 2.52. The molecular formula is C28H38O6Si. The smallest absolute Gasteiger partial charge is 0.222 e. The topological polar surface area (TPSA) is 63.2 Å². The van der Waals surface area contributed by atoms with E-state index in [-0.39, 0.29) is 5.04 Å². The molecule has 190 valence electrons. The van der Waals surface area contributed by atoms with Gasteiger partial charge in [0.1, 0.15) is 18.3 Å². The monoisotopic (exact) mass is 498 g/mol. The Morgan fingerprint density at radius 3 is 2.17 bits per heavy atom. The summed E-state index contributed by atoms with van der Waals surface area (Å²) in [4.78, 5) is 12.1. The summed E-state index contributed by atoms with van der Waals surface area (Å²) in [5, 5.41) is -0.0523. The standard InChI is InChI=1S/C28H38O6Si/c1-26(2,3)35(6,7)34-24(25-23(19-29)32-27(4,5)33-25)21-15-11-12-16-22(21)28(30-17-18-31-28)20-13-9-8-10-14-20/h8-16,19,23-25H,17-18H2,1-7H3/t23-,24+,25-/m0/s1. The van der Waals surface area contributed by atoms with Crippen LogP contribution in [-0.4, -0.2) is 45.8 Å². The summed E-state index contributed by atoms with van der Waals surface area (Å²) in [6.07, 6.45) is -1.12. The van der Waals surface area contributed by atoms with Gasteiger partial charge in [0, 0.05) is 11.1 Å². The minimum Gasteiger partial charge on any atom is -0.407 e. The van der Waals surface area contributed by atoms with Crippen molar-refractivity contribution >= 4 is 14.6 Å². The highest BCUT2D eigenvalue weighted by molar-refractivity contribution is 6.74. The zero-order valence-corrected chi connectivity index (χ0v) is 22.9. The molecule has 3 atom stereocenters. The third kappa shape index (κ3) is 5.03. The van der Waals surface area contributed by atoms with Crippen LogP contribution in [-0.2, 0) is 34.0 Å². The summed E-state index contributed by atoms with van der Waals surface area (Å²) in [6, 6.07) is 18.0. The summed E-state index contributed by atoms with van der Waals surface area (Å²) in [5.41, 5.74) is 2.64. The van der Waals surface area contributed by atoms with Crippen LogP contribution in [0.15, 0.2) is 54.6 Å². The molecule has 7 heteroatoms. The molecule has 0 N–H and O–H groups in total. The van der Waals surface area contributed by atoms with Gasteiger partial charge in [-0.25, -0.2) is 0 Å². The quantitative estimate of drug-likeness (QED) is 0.360. The predicted molar refractivity (Wildman–Crippen MR) is 136 cm³/mol. The fourth-order valence-electron chi connectivity index (χ4n) is 4.55. The first kappa shape index (κ1) is 26.2. The lowest BCUT2D eigenvalue weighted by atomic mass is 9.88. The van der Waals surface area contributed by atoms with Crippen molar-refractivity contribution in [2.24, 2.45) is 0 Å². The fourth-order valence-corrected chi connectivity index (χ4v) is 5.80. The van der Waals surface area contributed by atoms with Crippen LogP contribution in [0.2, 0.25) is 18.1 Å². The highest BCUT2D eigenvalue weighted by Crippen LogP contribution is 2.48. The average Bonchev–Trinajstić information content (AvgIpc) is 3.42. The Morgan fingerprint density at radius 1 is 0.971 bits per heavy atom. The zero-order chi connectivity index (χ0) is 25.5. The number of carbonyl (C=O) groups excluding carboxylic acids is 1. The minimum atomic E-state index is -2.31. The average molecular weight is 499 g/mol. The molecule has 2 aliphatic heterocycles. The minimum absolute atomic E-state index is 0.0523. The second-order valence-electron chi connectivity index (χ2n) is 11.3. The molecule has 0 unspecified atom stereocenters. The molecule has 2 aromatic carbocycles. The van der Waals surface area contributed by atoms with E-state index < -0.39 is 38.2 Å². The molecule has 0 radical (unpaired) electrons. The second-order valence-corrected chi connectivity index (χ2v) is 16.0. The number of aldehydes is 1. The van der Waals surface area contributed by atoms with E-state index in [9.17, 15) is 4.79 Å². The summed E-state index contributed by atoms with van der Waals surface area (Å²) in [5.74, 6) is -1.98. The van der Waals surface area contributed by atoms with Crippen molar-refractivity contribution in [2.45, 2.75) is 82.6 Å². The molecule has 0 spiro atoms. The van der Waals surface area contributed by atoms with Gasteiger partial charge in [0.2, 0.25) is 5.79 Å². The van der Waals surface area contributed by atoms with E-state index in [0.717, 1.165) is 23.0 Å². The lowest BCUT2D eigenvalue weighted by Gasteiger charge is -2.42. The largest absolute Gasteiger partial charge is 0.407 e. The Morgan fingerprint density at radius 2 is 1.57 bits per heavy atom. The van der Waals surface area contributed by atoms with Crippen LogP contribution in [0.5, 0.6) is 0 Å². The van der Waals surface area contributed by atoms with Gasteiger partial charge < -0.3 is 28.2 Å². The molecule has 2 heterocycles. The predicted octanol–water partition coefficient (Wildman–Crippen LogP) is 5.72. The molecule has 4 rings (SSSR count). The van der Waals surface area contributed by atoms with Crippen LogP contribution < -0.4 is 0 Å². The van der Waals surface area contributed by atoms with Crippen LogP contribution in [0.3, 0.4) is 0 Å². The molecule has 2 aromatic rings. The Bertz CT molecular complexity index is 1020. The van der Waals surface area contributed by atoms with Crippen LogP contribution >= 0.6 is 0 Å². The van der Waals surface area contributed by atoms with Crippen molar-refractivity contribution in [3.63, 3.8) is 0 Å². The maximum atomic E-state index is 12.1. The van der Waals surface area contributed by atoms with E-state index in [1.807, 2.05) is 68.4 Å². The number of hydrogen-bond donors (Lipinski definition) is 0. The molecule has 6 nitrogen and oxygen atoms in total. The molecule has 0 aromatic heterocycles. The first-order valence-electron chi connectivity index (χ1n) is 12.3. The van der Waals surface area contributed by atoms with Crippen molar-refractivity contribution < 1.29 is 28.2 Å². The lowest BCUT2D eigenvalue weighted by molar-refractivity contribution is -0.157. The van der Waals surface area contributed by atoms with Crippen LogP contribution in [0.25, 0.3) is 0 Å². The number of ether oxygens (including phenoxy) is 4. The van der Waals surface area contributed by atoms with Crippen LogP contribution in [0.4, 0.5) is 0 Å². The fraction of sp³-hybridized carbons (Fsp3) is 0.536. The highest BCUT2D eigenvalue weighted by atomic mass is 28.4.